The van der Waals surface area contributed by atoms with Gasteiger partial charge in [0.1, 0.15) is 0 Å². The fourth-order valence-corrected chi connectivity index (χ4v) is 3.13. The lowest BCUT2D eigenvalue weighted by Crippen LogP contribution is -2.22. The summed E-state index contributed by atoms with van der Waals surface area (Å²) in [6, 6.07) is 5.37. The SMILES string of the molecule is O=[SH](=O)c1ccc(NC2CCCCC2)c(-c2nn[nH]n2)c1. The van der Waals surface area contributed by atoms with E-state index in [1.807, 2.05) is 0 Å². The molecule has 3 rings (SSSR count). The quantitative estimate of drug-likeness (QED) is 0.741. The number of H-pyrrole nitrogens is 1. The van der Waals surface area contributed by atoms with Crippen LogP contribution in [-0.2, 0) is 10.7 Å². The zero-order chi connectivity index (χ0) is 14.7. The van der Waals surface area contributed by atoms with Gasteiger partial charge in [-0.15, -0.1) is 10.2 Å². The van der Waals surface area contributed by atoms with Crippen molar-refractivity contribution in [2.45, 2.75) is 43.0 Å². The molecule has 1 aliphatic rings. The third-order valence-corrected chi connectivity index (χ3v) is 4.46. The van der Waals surface area contributed by atoms with E-state index in [0.717, 1.165) is 18.5 Å². The van der Waals surface area contributed by atoms with Crippen LogP contribution in [-0.4, -0.2) is 35.1 Å². The summed E-state index contributed by atoms with van der Waals surface area (Å²) < 4.78 is 22.4. The summed E-state index contributed by atoms with van der Waals surface area (Å²) in [5.41, 5.74) is 1.51. The predicted molar refractivity (Wildman–Crippen MR) is 78.7 cm³/mol. The van der Waals surface area contributed by atoms with Gasteiger partial charge in [-0.25, -0.2) is 8.42 Å². The maximum absolute atomic E-state index is 11.2. The Balaban J connectivity index is 1.94. The molecule has 0 radical (unpaired) electrons. The lowest BCUT2D eigenvalue weighted by molar-refractivity contribution is 0.463. The van der Waals surface area contributed by atoms with E-state index >= 15 is 0 Å². The highest BCUT2D eigenvalue weighted by molar-refractivity contribution is 7.72. The number of aromatic nitrogens is 4. The van der Waals surface area contributed by atoms with Crippen molar-refractivity contribution in [3.8, 4) is 11.4 Å². The average Bonchev–Trinajstić information content (AvgIpc) is 3.02. The second-order valence-electron chi connectivity index (χ2n) is 5.20. The van der Waals surface area contributed by atoms with Crippen LogP contribution in [0.1, 0.15) is 32.1 Å². The molecule has 0 aliphatic heterocycles. The largest absolute Gasteiger partial charge is 0.382 e. The highest BCUT2D eigenvalue weighted by Gasteiger charge is 2.17. The fraction of sp³-hybridized carbons (Fsp3) is 0.462. The molecule has 7 nitrogen and oxygen atoms in total. The smallest absolute Gasteiger partial charge is 0.206 e. The van der Waals surface area contributed by atoms with Crippen LogP contribution in [0.2, 0.25) is 0 Å². The van der Waals surface area contributed by atoms with E-state index in [-0.39, 0.29) is 4.90 Å². The van der Waals surface area contributed by atoms with Gasteiger partial charge in [0, 0.05) is 17.3 Å². The molecular weight excluding hydrogens is 290 g/mol. The normalized spacial score (nSPS) is 16.2. The van der Waals surface area contributed by atoms with E-state index < -0.39 is 10.7 Å². The first-order chi connectivity index (χ1) is 10.2. The van der Waals surface area contributed by atoms with Gasteiger partial charge < -0.3 is 5.32 Å². The van der Waals surface area contributed by atoms with Gasteiger partial charge in [-0.1, -0.05) is 19.3 Å². The lowest BCUT2D eigenvalue weighted by atomic mass is 9.95. The number of tetrazole rings is 1. The Morgan fingerprint density at radius 3 is 2.67 bits per heavy atom. The maximum Gasteiger partial charge on any atom is 0.206 e. The summed E-state index contributed by atoms with van der Waals surface area (Å²) >= 11 is 0. The van der Waals surface area contributed by atoms with Crippen LogP contribution in [0, 0.1) is 0 Å². The first-order valence-electron chi connectivity index (χ1n) is 7.03. The van der Waals surface area contributed by atoms with E-state index in [1.54, 1.807) is 18.2 Å². The molecule has 0 spiro atoms. The van der Waals surface area contributed by atoms with Crippen LogP contribution < -0.4 is 5.32 Å². The molecule has 0 atom stereocenters. The third-order valence-electron chi connectivity index (χ3n) is 3.77. The molecular formula is C13H17N5O2S. The van der Waals surface area contributed by atoms with Crippen molar-refractivity contribution < 1.29 is 8.42 Å². The fourth-order valence-electron chi connectivity index (χ4n) is 2.70. The highest BCUT2D eigenvalue weighted by Crippen LogP contribution is 2.29. The molecule has 0 bridgehead atoms. The van der Waals surface area contributed by atoms with E-state index in [0.29, 0.717) is 17.4 Å². The molecule has 0 unspecified atom stereocenters. The summed E-state index contributed by atoms with van der Waals surface area (Å²) in [7, 11) is -2.63. The Kier molecular flexibility index (Phi) is 4.14. The summed E-state index contributed by atoms with van der Waals surface area (Å²) in [6.07, 6.45) is 5.98. The van der Waals surface area contributed by atoms with Crippen LogP contribution in [0.15, 0.2) is 23.1 Å². The molecule has 2 N–H and O–H groups in total. The van der Waals surface area contributed by atoms with Crippen LogP contribution in [0.3, 0.4) is 0 Å². The molecule has 1 aromatic carbocycles. The van der Waals surface area contributed by atoms with E-state index in [2.05, 4.69) is 25.9 Å². The Hall–Kier alpha value is -1.96. The monoisotopic (exact) mass is 307 g/mol. The first kappa shape index (κ1) is 14.0. The van der Waals surface area contributed by atoms with E-state index in [4.69, 9.17) is 0 Å². The van der Waals surface area contributed by atoms with E-state index in [9.17, 15) is 8.42 Å². The van der Waals surface area contributed by atoms with Gasteiger partial charge in [0.05, 0.1) is 4.90 Å². The van der Waals surface area contributed by atoms with Crippen molar-refractivity contribution in [2.24, 2.45) is 0 Å². The molecule has 1 fully saturated rings. The van der Waals surface area contributed by atoms with Crippen molar-refractivity contribution >= 4 is 16.4 Å². The van der Waals surface area contributed by atoms with Crippen molar-refractivity contribution in [3.05, 3.63) is 18.2 Å². The highest BCUT2D eigenvalue weighted by atomic mass is 32.2. The summed E-state index contributed by atoms with van der Waals surface area (Å²) in [4.78, 5) is 0.249. The minimum atomic E-state index is -2.63. The number of rotatable bonds is 4. The Labute approximate surface area is 124 Å². The second-order valence-corrected chi connectivity index (χ2v) is 6.23. The number of anilines is 1. The van der Waals surface area contributed by atoms with Crippen molar-refractivity contribution in [1.29, 1.82) is 0 Å². The van der Waals surface area contributed by atoms with Gasteiger partial charge in [0.15, 0.2) is 10.7 Å². The molecule has 0 amide bonds. The van der Waals surface area contributed by atoms with Gasteiger partial charge in [-0.3, -0.25) is 0 Å². The number of benzene rings is 1. The van der Waals surface area contributed by atoms with Crippen molar-refractivity contribution in [1.82, 2.24) is 20.6 Å². The number of aromatic amines is 1. The van der Waals surface area contributed by atoms with Gasteiger partial charge in [-0.2, -0.15) is 5.21 Å². The van der Waals surface area contributed by atoms with Crippen LogP contribution in [0.4, 0.5) is 5.69 Å². The molecule has 8 heteroatoms. The number of thiol groups is 1. The van der Waals surface area contributed by atoms with Gasteiger partial charge in [-0.05, 0) is 36.3 Å². The summed E-state index contributed by atoms with van der Waals surface area (Å²) in [6.45, 7) is 0. The third kappa shape index (κ3) is 3.21. The lowest BCUT2D eigenvalue weighted by Gasteiger charge is -2.24. The van der Waals surface area contributed by atoms with Crippen molar-refractivity contribution in [3.63, 3.8) is 0 Å². The predicted octanol–water partition coefficient (Wildman–Crippen LogP) is 1.58. The zero-order valence-corrected chi connectivity index (χ0v) is 12.3. The Bertz CT molecular complexity index is 670. The topological polar surface area (TPSA) is 101 Å². The van der Waals surface area contributed by atoms with Crippen LogP contribution in [0.5, 0.6) is 0 Å². The molecule has 1 aliphatic carbocycles. The number of nitrogens with zero attached hydrogens (tertiary/aromatic N) is 3. The minimum Gasteiger partial charge on any atom is -0.382 e. The summed E-state index contributed by atoms with van der Waals surface area (Å²) in [5.74, 6) is 0.395. The number of hydrogen-bond acceptors (Lipinski definition) is 6. The van der Waals surface area contributed by atoms with E-state index in [1.165, 1.54) is 19.3 Å². The van der Waals surface area contributed by atoms with Crippen LogP contribution in [0.25, 0.3) is 11.4 Å². The van der Waals surface area contributed by atoms with Gasteiger partial charge in [0.2, 0.25) is 5.82 Å². The van der Waals surface area contributed by atoms with Crippen LogP contribution >= 0.6 is 0 Å². The number of hydrogen-bond donors (Lipinski definition) is 3. The molecule has 21 heavy (non-hydrogen) atoms. The zero-order valence-electron chi connectivity index (χ0n) is 11.5. The molecule has 112 valence electrons. The Morgan fingerprint density at radius 2 is 2.00 bits per heavy atom. The number of nitrogens with one attached hydrogen (secondary N) is 2. The van der Waals surface area contributed by atoms with Crippen molar-refractivity contribution in [2.75, 3.05) is 5.32 Å². The average molecular weight is 307 g/mol. The van der Waals surface area contributed by atoms with Gasteiger partial charge in [0.25, 0.3) is 0 Å². The molecule has 1 aromatic heterocycles. The second kappa shape index (κ2) is 6.21. The first-order valence-corrected chi connectivity index (χ1v) is 8.20. The minimum absolute atomic E-state index is 0.249. The molecule has 1 saturated carbocycles. The molecule has 1 heterocycles. The van der Waals surface area contributed by atoms with Gasteiger partial charge >= 0.3 is 0 Å². The molecule has 2 aromatic rings. The molecule has 0 saturated heterocycles. The maximum atomic E-state index is 11.2. The summed E-state index contributed by atoms with van der Waals surface area (Å²) in [5, 5.41) is 17.3. The Morgan fingerprint density at radius 1 is 1.19 bits per heavy atom. The standard InChI is InChI=1S/C13H17N5O2S/c19-21(20)10-6-7-12(14-9-4-2-1-3-5-9)11(8-10)13-15-17-18-16-13/h6-9,14,21H,1-5H2,(H,15,16,17,18).